The second kappa shape index (κ2) is 27.9. The van der Waals surface area contributed by atoms with Gasteiger partial charge < -0.3 is 0 Å². The highest BCUT2D eigenvalue weighted by molar-refractivity contribution is 5.24. The van der Waals surface area contributed by atoms with Gasteiger partial charge in [0, 0.05) is 0 Å². The Kier molecular flexibility index (Phi) is 55.3. The third kappa shape index (κ3) is 23.0. The van der Waals surface area contributed by atoms with Crippen LogP contribution in [0.1, 0.15) is 126 Å². The highest BCUT2D eigenvalue weighted by Gasteiger charge is 2.24. The molecule has 0 radical (unpaired) electrons. The summed E-state index contributed by atoms with van der Waals surface area (Å²) in [5, 5.41) is 0. The average molecular weight is 359 g/mol. The summed E-state index contributed by atoms with van der Waals surface area (Å²) in [6.45, 7) is 19.1. The van der Waals surface area contributed by atoms with Crippen molar-refractivity contribution >= 4 is 0 Å². The van der Waals surface area contributed by atoms with Gasteiger partial charge in [-0.05, 0) is 64.9 Å². The van der Waals surface area contributed by atoms with Gasteiger partial charge in [0.2, 0.25) is 0 Å². The number of hydrogen-bond donors (Lipinski definition) is 0. The zero-order valence-electron chi connectivity index (χ0n) is 14.7. The first-order valence-electron chi connectivity index (χ1n) is 7.57. The molecular formula is C25H58. The lowest BCUT2D eigenvalue weighted by molar-refractivity contribution is 0.367. The summed E-state index contributed by atoms with van der Waals surface area (Å²) < 4.78 is 0. The fraction of sp³-hybridized carbons (Fsp3) is 0.760. The van der Waals surface area contributed by atoms with Gasteiger partial charge in [-0.25, -0.2) is 0 Å². The highest BCUT2D eigenvalue weighted by atomic mass is 14.3. The molecule has 0 fully saturated rings. The number of allylic oxidation sites excluding steroid dienone is 4. The summed E-state index contributed by atoms with van der Waals surface area (Å²) in [6.07, 6.45) is 6.08. The van der Waals surface area contributed by atoms with Crippen LogP contribution in [-0.2, 0) is 0 Å². The topological polar surface area (TPSA) is 0 Å². The molecule has 1 rings (SSSR count). The van der Waals surface area contributed by atoms with E-state index in [0.717, 1.165) is 5.57 Å². The van der Waals surface area contributed by atoms with Crippen LogP contribution in [0.4, 0.5) is 0 Å². The minimum atomic E-state index is 0. The van der Waals surface area contributed by atoms with Crippen LogP contribution < -0.4 is 0 Å². The molecule has 0 amide bonds. The van der Waals surface area contributed by atoms with E-state index >= 15 is 0 Å². The fourth-order valence-electron chi connectivity index (χ4n) is 2.02. The monoisotopic (exact) mass is 358 g/mol. The molecule has 25 heavy (non-hydrogen) atoms. The van der Waals surface area contributed by atoms with Crippen molar-refractivity contribution in [3.63, 3.8) is 0 Å². The van der Waals surface area contributed by atoms with Gasteiger partial charge in [0.05, 0.1) is 0 Å². The molecule has 0 unspecified atom stereocenters. The summed E-state index contributed by atoms with van der Waals surface area (Å²) in [6, 6.07) is 0. The molecule has 1 aliphatic rings. The second-order valence-electron chi connectivity index (χ2n) is 5.49. The molecule has 0 nitrogen and oxygen atoms in total. The molecule has 0 aromatic heterocycles. The molecule has 0 bridgehead atoms. The lowest BCUT2D eigenvalue weighted by Crippen LogP contribution is -2.18. The first-order valence-corrected chi connectivity index (χ1v) is 7.57. The molecule has 0 saturated heterocycles. The minimum absolute atomic E-state index is 0. The maximum Gasteiger partial charge on any atom is -0.00234 e. The van der Waals surface area contributed by atoms with E-state index in [1.54, 1.807) is 11.1 Å². The van der Waals surface area contributed by atoms with Gasteiger partial charge in [-0.1, -0.05) is 95.4 Å². The van der Waals surface area contributed by atoms with Gasteiger partial charge in [0.1, 0.15) is 0 Å². The van der Waals surface area contributed by atoms with Gasteiger partial charge >= 0.3 is 0 Å². The van der Waals surface area contributed by atoms with E-state index in [2.05, 4.69) is 39.5 Å². The van der Waals surface area contributed by atoms with E-state index in [1.807, 2.05) is 40.7 Å². The van der Waals surface area contributed by atoms with E-state index in [-0.39, 0.29) is 44.6 Å². The van der Waals surface area contributed by atoms with Crippen molar-refractivity contribution in [1.82, 2.24) is 0 Å². The maximum absolute atomic E-state index is 2.91. The van der Waals surface area contributed by atoms with Crippen LogP contribution in [0, 0.1) is 17.3 Å². The van der Waals surface area contributed by atoms with Crippen molar-refractivity contribution in [2.24, 2.45) is 5.41 Å². The lowest BCUT2D eigenvalue weighted by Gasteiger charge is -2.32. The Morgan fingerprint density at radius 3 is 1.56 bits per heavy atom. The van der Waals surface area contributed by atoms with Crippen molar-refractivity contribution in [3.05, 3.63) is 22.8 Å². The SMILES string of the molecule is C.C.C.C.C.C.CC.CC#C/C(C)=C/C.CC1=C(C)C(C)(C)CCC1. The minimum Gasteiger partial charge on any atom is -0.102 e. The smallest absolute Gasteiger partial charge is 0.00234 e. The van der Waals surface area contributed by atoms with Gasteiger partial charge in [0.15, 0.2) is 0 Å². The predicted molar refractivity (Wildman–Crippen MR) is 131 cm³/mol. The molecule has 0 N–H and O–H groups in total. The lowest BCUT2D eigenvalue weighted by atomic mass is 9.74. The van der Waals surface area contributed by atoms with E-state index in [9.17, 15) is 0 Å². The van der Waals surface area contributed by atoms with Crippen LogP contribution in [-0.4, -0.2) is 0 Å². The Hall–Kier alpha value is -0.960. The van der Waals surface area contributed by atoms with E-state index in [0.29, 0.717) is 5.41 Å². The van der Waals surface area contributed by atoms with Crippen LogP contribution in [0.15, 0.2) is 22.8 Å². The predicted octanol–water partition coefficient (Wildman–Crippen LogP) is 10.4. The fourth-order valence-corrected chi connectivity index (χ4v) is 2.02. The number of hydrogen-bond acceptors (Lipinski definition) is 0. The van der Waals surface area contributed by atoms with Crippen LogP contribution in [0.2, 0.25) is 0 Å². The molecule has 1 aliphatic carbocycles. The molecule has 0 atom stereocenters. The highest BCUT2D eigenvalue weighted by Crippen LogP contribution is 2.39. The quantitative estimate of drug-likeness (QED) is 0.298. The molecule has 0 heterocycles. The van der Waals surface area contributed by atoms with Gasteiger partial charge in [-0.3, -0.25) is 0 Å². The van der Waals surface area contributed by atoms with Crippen molar-refractivity contribution in [2.75, 3.05) is 0 Å². The Morgan fingerprint density at radius 1 is 0.960 bits per heavy atom. The molecule has 0 aliphatic heterocycles. The molecule has 0 saturated carbocycles. The van der Waals surface area contributed by atoms with Gasteiger partial charge in [0.25, 0.3) is 0 Å². The zero-order chi connectivity index (χ0) is 15.5. The summed E-state index contributed by atoms with van der Waals surface area (Å²) in [7, 11) is 0. The average Bonchev–Trinajstić information content (AvgIpc) is 2.39. The Balaban J connectivity index is -0.0000000296. The molecule has 0 spiro atoms. The Bertz CT molecular complexity index is 353. The third-order valence-corrected chi connectivity index (χ3v) is 3.76. The van der Waals surface area contributed by atoms with Crippen LogP contribution >= 0.6 is 0 Å². The van der Waals surface area contributed by atoms with E-state index in [1.165, 1.54) is 19.3 Å². The zero-order valence-corrected chi connectivity index (χ0v) is 14.7. The van der Waals surface area contributed by atoms with E-state index in [4.69, 9.17) is 0 Å². The second-order valence-corrected chi connectivity index (χ2v) is 5.49. The maximum atomic E-state index is 2.91. The summed E-state index contributed by atoms with van der Waals surface area (Å²) in [5.41, 5.74) is 4.88. The van der Waals surface area contributed by atoms with Crippen LogP contribution in [0.5, 0.6) is 0 Å². The first-order chi connectivity index (χ1) is 8.85. The van der Waals surface area contributed by atoms with Crippen molar-refractivity contribution < 1.29 is 0 Å². The third-order valence-electron chi connectivity index (χ3n) is 3.76. The number of rotatable bonds is 0. The Labute approximate surface area is 166 Å². The molecule has 0 aromatic rings. The standard InChI is InChI=1S/C10H18.C7H10.C2H6.6CH4/c1-8-6-5-7-10(3,4)9(8)2;1-4-6-7(3)5-2;1-2;;;;;;/h5-7H2,1-4H3;5H,1-3H3;1-2H3;6*1H4/b;7-5+;;;;;;;. The molecule has 0 heteroatoms. The molecular weight excluding hydrogens is 300 g/mol. The Morgan fingerprint density at radius 2 is 1.36 bits per heavy atom. The van der Waals surface area contributed by atoms with Crippen LogP contribution in [0.3, 0.4) is 0 Å². The molecule has 0 aromatic carbocycles. The van der Waals surface area contributed by atoms with Crippen LogP contribution in [0.25, 0.3) is 0 Å². The first kappa shape index (κ1) is 49.6. The van der Waals surface area contributed by atoms with Crippen molar-refractivity contribution in [3.8, 4) is 11.8 Å². The van der Waals surface area contributed by atoms with Gasteiger partial charge in [-0.2, -0.15) is 0 Å². The molecule has 158 valence electrons. The normalized spacial score (nSPS) is 13.1. The van der Waals surface area contributed by atoms with E-state index < -0.39 is 0 Å². The summed E-state index contributed by atoms with van der Waals surface area (Å²) >= 11 is 0. The van der Waals surface area contributed by atoms with Crippen molar-refractivity contribution in [1.29, 1.82) is 0 Å². The largest absolute Gasteiger partial charge is 0.102 e. The summed E-state index contributed by atoms with van der Waals surface area (Å²) in [4.78, 5) is 0. The van der Waals surface area contributed by atoms with Crippen molar-refractivity contribution in [2.45, 2.75) is 126 Å². The summed E-state index contributed by atoms with van der Waals surface area (Å²) in [5.74, 6) is 5.71. The van der Waals surface area contributed by atoms with Gasteiger partial charge in [-0.15, -0.1) is 5.92 Å².